The van der Waals surface area contributed by atoms with Crippen molar-refractivity contribution in [2.45, 2.75) is 26.7 Å². The minimum Gasteiger partial charge on any atom is -0.497 e. The Labute approximate surface area is 121 Å². The van der Waals surface area contributed by atoms with Crippen LogP contribution in [-0.2, 0) is 16.0 Å². The molecule has 0 N–H and O–H groups in total. The van der Waals surface area contributed by atoms with Gasteiger partial charge >= 0.3 is 0 Å². The molecule has 1 rings (SSSR count). The Hall–Kier alpha value is -1.55. The van der Waals surface area contributed by atoms with Crippen LogP contribution in [0.15, 0.2) is 18.2 Å². The van der Waals surface area contributed by atoms with Gasteiger partial charge in [-0.25, -0.2) is 0 Å². The summed E-state index contributed by atoms with van der Waals surface area (Å²) >= 11 is 0. The lowest BCUT2D eigenvalue weighted by atomic mass is 10.1. The summed E-state index contributed by atoms with van der Waals surface area (Å²) < 4.78 is 9.99. The first-order valence-corrected chi connectivity index (χ1v) is 7.12. The van der Waals surface area contributed by atoms with Crippen molar-refractivity contribution in [2.75, 3.05) is 33.4 Å². The van der Waals surface area contributed by atoms with Crippen molar-refractivity contribution in [1.82, 2.24) is 4.90 Å². The van der Waals surface area contributed by atoms with Crippen molar-refractivity contribution in [1.29, 1.82) is 0 Å². The molecular weight excluding hydrogens is 254 g/mol. The van der Waals surface area contributed by atoms with Crippen molar-refractivity contribution in [3.05, 3.63) is 29.3 Å². The van der Waals surface area contributed by atoms with E-state index in [-0.39, 0.29) is 0 Å². The summed E-state index contributed by atoms with van der Waals surface area (Å²) in [6.45, 7) is 8.25. The molecule has 0 saturated carbocycles. The van der Waals surface area contributed by atoms with Crippen LogP contribution in [0.5, 0.6) is 5.75 Å². The average Bonchev–Trinajstić information content (AvgIpc) is 2.48. The summed E-state index contributed by atoms with van der Waals surface area (Å²) in [5.41, 5.74) is 2.62. The molecule has 0 aromatic heterocycles. The molecule has 0 unspecified atom stereocenters. The largest absolute Gasteiger partial charge is 0.497 e. The van der Waals surface area contributed by atoms with Gasteiger partial charge in [0, 0.05) is 13.1 Å². The van der Waals surface area contributed by atoms with Crippen LogP contribution in [0.25, 0.3) is 0 Å². The topological polar surface area (TPSA) is 38.8 Å². The first-order chi connectivity index (χ1) is 9.71. The number of carbonyl (C=O) groups excluding carboxylic acids is 1. The number of rotatable bonds is 10. The molecule has 112 valence electrons. The molecular formula is C16H25NO3. The normalized spacial score (nSPS) is 10.6. The van der Waals surface area contributed by atoms with Crippen molar-refractivity contribution in [3.8, 4) is 5.75 Å². The average molecular weight is 279 g/mol. The van der Waals surface area contributed by atoms with Crippen LogP contribution in [0.2, 0.25) is 0 Å². The van der Waals surface area contributed by atoms with Gasteiger partial charge in [-0.15, -0.1) is 0 Å². The van der Waals surface area contributed by atoms with Gasteiger partial charge in [0.25, 0.3) is 6.47 Å². The number of ether oxygens (including phenoxy) is 2. The molecule has 0 bridgehead atoms. The fourth-order valence-electron chi connectivity index (χ4n) is 2.17. The minimum atomic E-state index is 0.498. The maximum atomic E-state index is 10.1. The van der Waals surface area contributed by atoms with E-state index in [4.69, 9.17) is 9.47 Å². The van der Waals surface area contributed by atoms with Crippen LogP contribution < -0.4 is 4.74 Å². The summed E-state index contributed by atoms with van der Waals surface area (Å²) in [4.78, 5) is 12.4. The standard InChI is InChI=1S/C16H25NO3/c1-4-17(9-5-11-20-13-18)10-8-15-12-16(19-3)7-6-14(15)2/h6-7,12-13H,4-5,8-11H2,1-3H3. The Balaban J connectivity index is 2.44. The van der Waals surface area contributed by atoms with Gasteiger partial charge in [-0.05, 0) is 49.6 Å². The van der Waals surface area contributed by atoms with Crippen LogP contribution in [0.4, 0.5) is 0 Å². The molecule has 0 fully saturated rings. The lowest BCUT2D eigenvalue weighted by Crippen LogP contribution is -2.27. The van der Waals surface area contributed by atoms with E-state index in [0.717, 1.165) is 38.2 Å². The Morgan fingerprint density at radius 3 is 2.75 bits per heavy atom. The molecule has 4 heteroatoms. The Kier molecular flexibility index (Phi) is 7.73. The molecule has 0 aliphatic rings. The second-order valence-electron chi connectivity index (χ2n) is 4.80. The Morgan fingerprint density at radius 1 is 1.30 bits per heavy atom. The second kappa shape index (κ2) is 9.37. The Morgan fingerprint density at radius 2 is 2.10 bits per heavy atom. The lowest BCUT2D eigenvalue weighted by molar-refractivity contribution is -0.128. The highest BCUT2D eigenvalue weighted by Gasteiger charge is 2.06. The van der Waals surface area contributed by atoms with E-state index in [2.05, 4.69) is 30.9 Å². The highest BCUT2D eigenvalue weighted by Crippen LogP contribution is 2.17. The molecule has 0 amide bonds. The van der Waals surface area contributed by atoms with Gasteiger partial charge < -0.3 is 14.4 Å². The fourth-order valence-corrected chi connectivity index (χ4v) is 2.17. The highest BCUT2D eigenvalue weighted by atomic mass is 16.5. The maximum absolute atomic E-state index is 10.1. The van der Waals surface area contributed by atoms with Gasteiger partial charge in [-0.3, -0.25) is 4.79 Å². The van der Waals surface area contributed by atoms with E-state index in [0.29, 0.717) is 13.1 Å². The SMILES string of the molecule is CCN(CCCOC=O)CCc1cc(OC)ccc1C. The third-order valence-corrected chi connectivity index (χ3v) is 3.51. The monoisotopic (exact) mass is 279 g/mol. The predicted octanol–water partition coefficient (Wildman–Crippen LogP) is 2.43. The zero-order valence-corrected chi connectivity index (χ0v) is 12.7. The number of benzene rings is 1. The summed E-state index contributed by atoms with van der Waals surface area (Å²) in [7, 11) is 1.69. The van der Waals surface area contributed by atoms with Gasteiger partial charge in [0.2, 0.25) is 0 Å². The number of nitrogens with zero attached hydrogens (tertiary/aromatic N) is 1. The first kappa shape index (κ1) is 16.5. The molecule has 1 aromatic carbocycles. The smallest absolute Gasteiger partial charge is 0.293 e. The molecule has 0 aliphatic heterocycles. The van der Waals surface area contributed by atoms with E-state index in [9.17, 15) is 4.79 Å². The number of methoxy groups -OCH3 is 1. The van der Waals surface area contributed by atoms with E-state index in [1.165, 1.54) is 11.1 Å². The molecule has 0 saturated heterocycles. The summed E-state index contributed by atoms with van der Waals surface area (Å²) in [6.07, 6.45) is 1.88. The third kappa shape index (κ3) is 5.61. The van der Waals surface area contributed by atoms with E-state index < -0.39 is 0 Å². The molecule has 0 radical (unpaired) electrons. The van der Waals surface area contributed by atoms with Crippen molar-refractivity contribution in [2.24, 2.45) is 0 Å². The fraction of sp³-hybridized carbons (Fsp3) is 0.562. The highest BCUT2D eigenvalue weighted by molar-refractivity contribution is 5.36. The van der Waals surface area contributed by atoms with Crippen LogP contribution in [-0.4, -0.2) is 44.7 Å². The summed E-state index contributed by atoms with van der Waals surface area (Å²) in [5.74, 6) is 0.910. The number of likely N-dealkylation sites (N-methyl/N-ethyl adjacent to an activating group) is 1. The van der Waals surface area contributed by atoms with Crippen LogP contribution >= 0.6 is 0 Å². The van der Waals surface area contributed by atoms with Crippen molar-refractivity contribution >= 4 is 6.47 Å². The predicted molar refractivity (Wildman–Crippen MR) is 80.2 cm³/mol. The Bertz CT molecular complexity index is 407. The number of hydrogen-bond acceptors (Lipinski definition) is 4. The third-order valence-electron chi connectivity index (χ3n) is 3.51. The zero-order valence-electron chi connectivity index (χ0n) is 12.7. The van der Waals surface area contributed by atoms with E-state index >= 15 is 0 Å². The summed E-state index contributed by atoms with van der Waals surface area (Å²) in [5, 5.41) is 0. The zero-order chi connectivity index (χ0) is 14.8. The molecule has 0 aliphatic carbocycles. The van der Waals surface area contributed by atoms with Crippen LogP contribution in [0.1, 0.15) is 24.5 Å². The van der Waals surface area contributed by atoms with E-state index in [1.807, 2.05) is 6.07 Å². The first-order valence-electron chi connectivity index (χ1n) is 7.12. The van der Waals surface area contributed by atoms with Gasteiger partial charge in [0.05, 0.1) is 13.7 Å². The molecule has 1 aromatic rings. The quantitative estimate of drug-likeness (QED) is 0.487. The second-order valence-corrected chi connectivity index (χ2v) is 4.80. The van der Waals surface area contributed by atoms with Gasteiger partial charge in [0.1, 0.15) is 5.75 Å². The molecule has 20 heavy (non-hydrogen) atoms. The number of hydrogen-bond donors (Lipinski definition) is 0. The lowest BCUT2D eigenvalue weighted by Gasteiger charge is -2.20. The van der Waals surface area contributed by atoms with Crippen LogP contribution in [0.3, 0.4) is 0 Å². The van der Waals surface area contributed by atoms with Crippen molar-refractivity contribution in [3.63, 3.8) is 0 Å². The molecule has 0 spiro atoms. The van der Waals surface area contributed by atoms with Crippen molar-refractivity contribution < 1.29 is 14.3 Å². The molecule has 0 atom stereocenters. The van der Waals surface area contributed by atoms with Gasteiger partial charge in [0.15, 0.2) is 0 Å². The van der Waals surface area contributed by atoms with Crippen LogP contribution in [0, 0.1) is 6.92 Å². The molecule has 4 nitrogen and oxygen atoms in total. The molecule has 0 heterocycles. The van der Waals surface area contributed by atoms with Gasteiger partial charge in [-0.2, -0.15) is 0 Å². The number of carbonyl (C=O) groups is 1. The maximum Gasteiger partial charge on any atom is 0.293 e. The summed E-state index contributed by atoms with van der Waals surface area (Å²) in [6, 6.07) is 6.20. The van der Waals surface area contributed by atoms with E-state index in [1.54, 1.807) is 7.11 Å². The number of aryl methyl sites for hydroxylation is 1. The minimum absolute atomic E-state index is 0.498. The van der Waals surface area contributed by atoms with Gasteiger partial charge in [-0.1, -0.05) is 13.0 Å².